The zero-order valence-electron chi connectivity index (χ0n) is 24.8. The summed E-state index contributed by atoms with van der Waals surface area (Å²) in [6.07, 6.45) is 3.88. The Hall–Kier alpha value is -2.30. The van der Waals surface area contributed by atoms with E-state index < -0.39 is 17.2 Å². The molecule has 0 radical (unpaired) electrons. The second-order valence-corrected chi connectivity index (χ2v) is 15.3. The highest BCUT2D eigenvalue weighted by molar-refractivity contribution is 7.42. The van der Waals surface area contributed by atoms with Crippen LogP contribution in [0.5, 0.6) is 11.5 Å². The normalized spacial score (nSPS) is 20.9. The van der Waals surface area contributed by atoms with Crippen LogP contribution in [0.3, 0.4) is 0 Å². The molecule has 42 heavy (non-hydrogen) atoms. The topological polar surface area (TPSA) is 55.4 Å². The third kappa shape index (κ3) is 5.54. The van der Waals surface area contributed by atoms with Gasteiger partial charge in [-0.3, -0.25) is 0 Å². The summed E-state index contributed by atoms with van der Waals surface area (Å²) < 4.78 is 38.0. The Morgan fingerprint density at radius 1 is 0.500 bits per heavy atom. The minimum absolute atomic E-state index is 0.190. The Labute approximate surface area is 249 Å². The molecule has 0 aliphatic carbocycles. The molecule has 2 heterocycles. The molecule has 0 atom stereocenters. The van der Waals surface area contributed by atoms with Gasteiger partial charge in [-0.25, -0.2) is 0 Å². The molecule has 2 aliphatic heterocycles. The highest BCUT2D eigenvalue weighted by atomic mass is 31.2. The van der Waals surface area contributed by atoms with Crippen LogP contribution in [0.25, 0.3) is 43.1 Å². The van der Waals surface area contributed by atoms with E-state index in [0.29, 0.717) is 26.4 Å². The van der Waals surface area contributed by atoms with E-state index in [-0.39, 0.29) is 10.8 Å². The number of hydrogen-bond acceptors (Lipinski definition) is 6. The van der Waals surface area contributed by atoms with E-state index in [1.54, 1.807) is 0 Å². The summed E-state index contributed by atoms with van der Waals surface area (Å²) in [7, 11) is -3.10. The fraction of sp³-hybridized carbons (Fsp3) is 0.412. The van der Waals surface area contributed by atoms with Gasteiger partial charge in [0, 0.05) is 21.5 Å². The summed E-state index contributed by atoms with van der Waals surface area (Å²) in [6.45, 7) is 11.5. The Balaban J connectivity index is 1.37. The van der Waals surface area contributed by atoms with Crippen LogP contribution < -0.4 is 9.05 Å². The van der Waals surface area contributed by atoms with Gasteiger partial charge in [0.25, 0.3) is 0 Å². The third-order valence-electron chi connectivity index (χ3n) is 8.80. The molecule has 2 fully saturated rings. The first kappa shape index (κ1) is 28.5. The van der Waals surface area contributed by atoms with Crippen LogP contribution in [-0.2, 0) is 18.1 Å². The smallest absolute Gasteiger partial charge is 0.397 e. The summed E-state index contributed by atoms with van der Waals surface area (Å²) >= 11 is 0. The van der Waals surface area contributed by atoms with Crippen molar-refractivity contribution in [2.75, 3.05) is 26.4 Å². The largest absolute Gasteiger partial charge is 0.426 e. The van der Waals surface area contributed by atoms with Crippen LogP contribution in [0.2, 0.25) is 0 Å². The average molecular weight is 605 g/mol. The van der Waals surface area contributed by atoms with Gasteiger partial charge in [-0.05, 0) is 70.2 Å². The SMILES string of the molecule is CC1(C)CCOP(Oc2ccc3cccc4c5cccc6ccc(OP7OCCC(C)(C)CCO7)c(c2c34)c65)OCC1. The van der Waals surface area contributed by atoms with Crippen molar-refractivity contribution in [1.29, 1.82) is 0 Å². The fourth-order valence-corrected chi connectivity index (χ4v) is 7.94. The zero-order valence-corrected chi connectivity index (χ0v) is 26.6. The molecular formula is C34H38O6P2. The first-order chi connectivity index (χ1) is 20.3. The summed E-state index contributed by atoms with van der Waals surface area (Å²) in [5, 5.41) is 8.95. The fourth-order valence-electron chi connectivity index (χ4n) is 5.99. The quantitative estimate of drug-likeness (QED) is 0.116. The summed E-state index contributed by atoms with van der Waals surface area (Å²) in [6, 6.07) is 21.3. The second kappa shape index (κ2) is 11.3. The van der Waals surface area contributed by atoms with E-state index in [1.807, 2.05) is 12.1 Å². The van der Waals surface area contributed by atoms with Gasteiger partial charge in [0.1, 0.15) is 11.5 Å². The molecule has 0 saturated carbocycles. The van der Waals surface area contributed by atoms with E-state index in [1.165, 1.54) is 10.8 Å². The van der Waals surface area contributed by atoms with Crippen LogP contribution in [0.15, 0.2) is 60.7 Å². The second-order valence-electron chi connectivity index (χ2n) is 13.0. The predicted octanol–water partition coefficient (Wildman–Crippen LogP) is 10.7. The van der Waals surface area contributed by atoms with Crippen molar-refractivity contribution in [2.24, 2.45) is 10.8 Å². The lowest BCUT2D eigenvalue weighted by Crippen LogP contribution is -2.19. The molecule has 5 aromatic rings. The van der Waals surface area contributed by atoms with Gasteiger partial charge < -0.3 is 27.1 Å². The Kier molecular flexibility index (Phi) is 7.67. The monoisotopic (exact) mass is 604 g/mol. The Morgan fingerprint density at radius 2 is 0.881 bits per heavy atom. The maximum atomic E-state index is 6.64. The lowest BCUT2D eigenvalue weighted by Gasteiger charge is -2.30. The van der Waals surface area contributed by atoms with Gasteiger partial charge >= 0.3 is 17.2 Å². The molecule has 7 rings (SSSR count). The van der Waals surface area contributed by atoms with Gasteiger partial charge in [-0.1, -0.05) is 76.2 Å². The molecular weight excluding hydrogens is 566 g/mol. The standard InChI is InChI=1S/C34H38O6P2/c1-33(2)15-19-35-41(36-20-16-33)39-27-13-11-23-7-5-9-25-26-10-6-8-24-12-14-28(32(30(24)26)31(27)29(23)25)40-42-37-21-17-34(3,4)18-22-38-42/h5-14H,15-22H2,1-4H3. The lowest BCUT2D eigenvalue weighted by atomic mass is 9.86. The molecule has 220 valence electrons. The maximum Gasteiger partial charge on any atom is 0.397 e. The number of hydrogen-bond donors (Lipinski definition) is 0. The molecule has 0 amide bonds. The van der Waals surface area contributed by atoms with Crippen LogP contribution in [0.1, 0.15) is 53.4 Å². The molecule has 5 aromatic carbocycles. The predicted molar refractivity (Wildman–Crippen MR) is 173 cm³/mol. The van der Waals surface area contributed by atoms with Crippen LogP contribution >= 0.6 is 17.2 Å². The van der Waals surface area contributed by atoms with Crippen molar-refractivity contribution >= 4 is 60.3 Å². The van der Waals surface area contributed by atoms with Crippen molar-refractivity contribution in [2.45, 2.75) is 53.4 Å². The summed E-state index contributed by atoms with van der Waals surface area (Å²) in [4.78, 5) is 0. The van der Waals surface area contributed by atoms with Crippen LogP contribution in [0, 0.1) is 10.8 Å². The van der Waals surface area contributed by atoms with Crippen molar-refractivity contribution in [3.8, 4) is 11.5 Å². The number of benzene rings is 5. The summed E-state index contributed by atoms with van der Waals surface area (Å²) in [5.74, 6) is 1.48. The van der Waals surface area contributed by atoms with Crippen molar-refractivity contribution in [3.63, 3.8) is 0 Å². The average Bonchev–Trinajstić information content (AvgIpc) is 2.94. The molecule has 6 nitrogen and oxygen atoms in total. The molecule has 0 spiro atoms. The summed E-state index contributed by atoms with van der Waals surface area (Å²) in [5.41, 5.74) is 0.380. The van der Waals surface area contributed by atoms with Gasteiger partial charge in [0.15, 0.2) is 0 Å². The molecule has 2 saturated heterocycles. The number of fused-ring (bicyclic) bond motifs is 2. The third-order valence-corrected chi connectivity index (χ3v) is 11.1. The minimum atomic E-state index is -1.55. The Bertz CT molecular complexity index is 1580. The maximum absolute atomic E-state index is 6.64. The van der Waals surface area contributed by atoms with Gasteiger partial charge in [-0.2, -0.15) is 0 Å². The first-order valence-electron chi connectivity index (χ1n) is 14.9. The molecule has 0 bridgehead atoms. The highest BCUT2D eigenvalue weighted by Gasteiger charge is 2.29. The van der Waals surface area contributed by atoms with E-state index >= 15 is 0 Å². The zero-order chi connectivity index (χ0) is 28.9. The molecule has 8 heteroatoms. The minimum Gasteiger partial charge on any atom is -0.426 e. The number of rotatable bonds is 4. The van der Waals surface area contributed by atoms with E-state index in [4.69, 9.17) is 27.1 Å². The van der Waals surface area contributed by atoms with E-state index in [9.17, 15) is 0 Å². The van der Waals surface area contributed by atoms with E-state index in [2.05, 4.69) is 76.2 Å². The lowest BCUT2D eigenvalue weighted by molar-refractivity contribution is 0.120. The Morgan fingerprint density at radius 3 is 1.26 bits per heavy atom. The van der Waals surface area contributed by atoms with Gasteiger partial charge in [0.2, 0.25) is 0 Å². The molecule has 2 aliphatic rings. The van der Waals surface area contributed by atoms with Gasteiger partial charge in [-0.15, -0.1) is 0 Å². The first-order valence-corrected chi connectivity index (χ1v) is 17.1. The highest BCUT2D eigenvalue weighted by Crippen LogP contribution is 2.54. The van der Waals surface area contributed by atoms with Crippen LogP contribution in [-0.4, -0.2) is 26.4 Å². The van der Waals surface area contributed by atoms with Crippen molar-refractivity contribution in [3.05, 3.63) is 60.7 Å². The van der Waals surface area contributed by atoms with Crippen molar-refractivity contribution < 1.29 is 27.1 Å². The molecule has 0 N–H and O–H groups in total. The van der Waals surface area contributed by atoms with Crippen LogP contribution in [0.4, 0.5) is 0 Å². The molecule has 0 unspecified atom stereocenters. The molecule has 0 aromatic heterocycles. The van der Waals surface area contributed by atoms with E-state index in [0.717, 1.165) is 69.5 Å². The van der Waals surface area contributed by atoms with Gasteiger partial charge in [0.05, 0.1) is 26.4 Å². The van der Waals surface area contributed by atoms with Crippen molar-refractivity contribution in [1.82, 2.24) is 0 Å².